The highest BCUT2D eigenvalue weighted by Gasteiger charge is 2.18. The fourth-order valence-corrected chi connectivity index (χ4v) is 3.68. The van der Waals surface area contributed by atoms with E-state index in [1.807, 2.05) is 13.0 Å². The lowest BCUT2D eigenvalue weighted by atomic mass is 10.1. The summed E-state index contributed by atoms with van der Waals surface area (Å²) in [4.78, 5) is 2.60. The summed E-state index contributed by atoms with van der Waals surface area (Å²) >= 11 is 0. The number of nitrogens with one attached hydrogen (secondary N) is 2. The third kappa shape index (κ3) is 3.78. The second kappa shape index (κ2) is 6.78. The van der Waals surface area contributed by atoms with E-state index in [4.69, 9.17) is 9.47 Å². The summed E-state index contributed by atoms with van der Waals surface area (Å²) in [6.07, 6.45) is 0. The van der Waals surface area contributed by atoms with Crippen LogP contribution in [-0.2, 0) is 10.0 Å². The van der Waals surface area contributed by atoms with Gasteiger partial charge in [0.15, 0.2) is 11.5 Å². The SMILES string of the molecule is C=C(NNS(=O)(=O)c1cc(C)ccc1C)c1ccc2c(c1)OCCO2. The van der Waals surface area contributed by atoms with E-state index in [0.29, 0.717) is 41.5 Å². The van der Waals surface area contributed by atoms with Crippen molar-refractivity contribution in [2.45, 2.75) is 18.7 Å². The molecule has 132 valence electrons. The van der Waals surface area contributed by atoms with Crippen molar-refractivity contribution in [3.63, 3.8) is 0 Å². The molecule has 0 amide bonds. The molecule has 1 heterocycles. The van der Waals surface area contributed by atoms with Crippen LogP contribution in [0.1, 0.15) is 16.7 Å². The molecule has 0 aromatic heterocycles. The average Bonchev–Trinajstić information content (AvgIpc) is 2.61. The third-order valence-electron chi connectivity index (χ3n) is 3.86. The Kier molecular flexibility index (Phi) is 4.69. The minimum atomic E-state index is -3.71. The monoisotopic (exact) mass is 360 g/mol. The van der Waals surface area contributed by atoms with Crippen molar-refractivity contribution >= 4 is 15.7 Å². The zero-order valence-electron chi connectivity index (χ0n) is 14.1. The first kappa shape index (κ1) is 17.3. The summed E-state index contributed by atoms with van der Waals surface area (Å²) in [6, 6.07) is 10.6. The number of ether oxygens (including phenoxy) is 2. The topological polar surface area (TPSA) is 76.7 Å². The number of rotatable bonds is 5. The number of sulfonamides is 1. The van der Waals surface area contributed by atoms with Crippen molar-refractivity contribution in [2.75, 3.05) is 13.2 Å². The molecule has 2 N–H and O–H groups in total. The van der Waals surface area contributed by atoms with E-state index in [1.165, 1.54) is 0 Å². The molecule has 3 rings (SSSR count). The molecule has 25 heavy (non-hydrogen) atoms. The van der Waals surface area contributed by atoms with Gasteiger partial charge in [0.1, 0.15) is 13.2 Å². The molecule has 1 aliphatic rings. The quantitative estimate of drug-likeness (QED) is 0.802. The van der Waals surface area contributed by atoms with Gasteiger partial charge in [0.2, 0.25) is 0 Å². The number of fused-ring (bicyclic) bond motifs is 1. The molecule has 0 spiro atoms. The summed E-state index contributed by atoms with van der Waals surface area (Å²) in [5.41, 5.74) is 5.32. The van der Waals surface area contributed by atoms with Crippen molar-refractivity contribution in [3.05, 3.63) is 59.7 Å². The van der Waals surface area contributed by atoms with E-state index in [1.54, 1.807) is 37.3 Å². The van der Waals surface area contributed by atoms with Crippen LogP contribution in [0.2, 0.25) is 0 Å². The largest absolute Gasteiger partial charge is 0.486 e. The second-order valence-electron chi connectivity index (χ2n) is 5.84. The first-order valence-electron chi connectivity index (χ1n) is 7.81. The predicted octanol–water partition coefficient (Wildman–Crippen LogP) is 2.53. The van der Waals surface area contributed by atoms with E-state index >= 15 is 0 Å². The van der Waals surface area contributed by atoms with Crippen LogP contribution in [0.25, 0.3) is 5.70 Å². The van der Waals surface area contributed by atoms with Crippen LogP contribution in [0.5, 0.6) is 11.5 Å². The van der Waals surface area contributed by atoms with Crippen LogP contribution < -0.4 is 19.7 Å². The van der Waals surface area contributed by atoms with E-state index in [0.717, 1.165) is 5.56 Å². The molecule has 0 saturated heterocycles. The molecule has 0 radical (unpaired) electrons. The van der Waals surface area contributed by atoms with Gasteiger partial charge in [0.25, 0.3) is 10.0 Å². The average molecular weight is 360 g/mol. The normalized spacial score (nSPS) is 13.4. The molecule has 0 saturated carbocycles. The van der Waals surface area contributed by atoms with Gasteiger partial charge in [-0.15, -0.1) is 4.83 Å². The van der Waals surface area contributed by atoms with Gasteiger partial charge in [0.05, 0.1) is 4.90 Å². The van der Waals surface area contributed by atoms with E-state index in [-0.39, 0.29) is 4.90 Å². The molecule has 0 atom stereocenters. The van der Waals surface area contributed by atoms with Crippen LogP contribution in [0.15, 0.2) is 47.9 Å². The highest BCUT2D eigenvalue weighted by Crippen LogP contribution is 2.32. The van der Waals surface area contributed by atoms with Crippen molar-refractivity contribution in [1.29, 1.82) is 0 Å². The Balaban J connectivity index is 1.74. The smallest absolute Gasteiger partial charge is 0.257 e. The van der Waals surface area contributed by atoms with Crippen molar-refractivity contribution in [3.8, 4) is 11.5 Å². The first-order chi connectivity index (χ1) is 11.9. The van der Waals surface area contributed by atoms with Crippen LogP contribution in [-0.4, -0.2) is 21.6 Å². The molecule has 0 fully saturated rings. The maximum atomic E-state index is 12.5. The standard InChI is InChI=1S/C18H20N2O4S/c1-12-4-5-13(2)18(10-12)25(21,22)20-19-14(3)15-6-7-16-17(11-15)24-9-8-23-16/h4-7,10-11,19-20H,3,8-9H2,1-2H3. The van der Waals surface area contributed by atoms with Gasteiger partial charge in [-0.05, 0) is 49.2 Å². The van der Waals surface area contributed by atoms with E-state index < -0.39 is 10.0 Å². The Labute approximate surface area is 147 Å². The summed E-state index contributed by atoms with van der Waals surface area (Å²) in [6.45, 7) is 8.47. The highest BCUT2D eigenvalue weighted by molar-refractivity contribution is 7.89. The van der Waals surface area contributed by atoms with E-state index in [2.05, 4.69) is 16.8 Å². The van der Waals surface area contributed by atoms with Crippen LogP contribution >= 0.6 is 0 Å². The first-order valence-corrected chi connectivity index (χ1v) is 9.29. The number of hydrogen-bond donors (Lipinski definition) is 2. The lowest BCUT2D eigenvalue weighted by Crippen LogP contribution is -2.36. The van der Waals surface area contributed by atoms with Crippen LogP contribution in [0.4, 0.5) is 0 Å². The minimum absolute atomic E-state index is 0.231. The fraction of sp³-hybridized carbons (Fsp3) is 0.222. The van der Waals surface area contributed by atoms with Crippen molar-refractivity contribution in [1.82, 2.24) is 10.3 Å². The van der Waals surface area contributed by atoms with Gasteiger partial charge < -0.3 is 14.9 Å². The Morgan fingerprint density at radius 2 is 1.76 bits per heavy atom. The second-order valence-corrected chi connectivity index (χ2v) is 7.49. The number of aryl methyl sites for hydroxylation is 2. The summed E-state index contributed by atoms with van der Waals surface area (Å²) in [7, 11) is -3.71. The Bertz CT molecular complexity index is 923. The molecule has 0 bridgehead atoms. The molecule has 0 aliphatic carbocycles. The maximum Gasteiger partial charge on any atom is 0.257 e. The molecule has 7 heteroatoms. The van der Waals surface area contributed by atoms with Crippen LogP contribution in [0, 0.1) is 13.8 Å². The van der Waals surface area contributed by atoms with Gasteiger partial charge >= 0.3 is 0 Å². The predicted molar refractivity (Wildman–Crippen MR) is 95.8 cm³/mol. The lowest BCUT2D eigenvalue weighted by Gasteiger charge is -2.19. The fourth-order valence-electron chi connectivity index (χ4n) is 2.48. The van der Waals surface area contributed by atoms with Crippen LogP contribution in [0.3, 0.4) is 0 Å². The molecule has 2 aromatic rings. The maximum absolute atomic E-state index is 12.5. The Morgan fingerprint density at radius 3 is 2.52 bits per heavy atom. The third-order valence-corrected chi connectivity index (χ3v) is 5.25. The zero-order chi connectivity index (χ0) is 18.0. The molecular weight excluding hydrogens is 340 g/mol. The molecule has 2 aromatic carbocycles. The minimum Gasteiger partial charge on any atom is -0.486 e. The van der Waals surface area contributed by atoms with Gasteiger partial charge in [-0.1, -0.05) is 18.7 Å². The Morgan fingerprint density at radius 1 is 1.04 bits per heavy atom. The van der Waals surface area contributed by atoms with Gasteiger partial charge in [-0.25, -0.2) is 8.42 Å². The molecule has 6 nitrogen and oxygen atoms in total. The lowest BCUT2D eigenvalue weighted by molar-refractivity contribution is 0.171. The van der Waals surface area contributed by atoms with E-state index in [9.17, 15) is 8.42 Å². The van der Waals surface area contributed by atoms with Gasteiger partial charge in [-0.3, -0.25) is 0 Å². The van der Waals surface area contributed by atoms with Crippen molar-refractivity contribution < 1.29 is 17.9 Å². The summed E-state index contributed by atoms with van der Waals surface area (Å²) in [5, 5.41) is 0. The molecular formula is C18H20N2O4S. The number of hydrogen-bond acceptors (Lipinski definition) is 5. The summed E-state index contributed by atoms with van der Waals surface area (Å²) in [5.74, 6) is 1.28. The van der Waals surface area contributed by atoms with Gasteiger partial charge in [-0.2, -0.15) is 0 Å². The van der Waals surface area contributed by atoms with Gasteiger partial charge in [0, 0.05) is 11.3 Å². The highest BCUT2D eigenvalue weighted by atomic mass is 32.2. The Hall–Kier alpha value is -2.51. The number of hydrazine groups is 1. The summed E-state index contributed by atoms with van der Waals surface area (Å²) < 4.78 is 36.0. The molecule has 1 aliphatic heterocycles. The molecule has 0 unspecified atom stereocenters. The van der Waals surface area contributed by atoms with Crippen molar-refractivity contribution in [2.24, 2.45) is 0 Å². The number of benzene rings is 2. The zero-order valence-corrected chi connectivity index (χ0v) is 14.9.